The summed E-state index contributed by atoms with van der Waals surface area (Å²) in [6.45, 7) is 0.337. The smallest absolute Gasteiger partial charge is 0.258 e. The maximum Gasteiger partial charge on any atom is 0.258 e. The molecule has 1 aliphatic heterocycles. The number of anilines is 1. The van der Waals surface area contributed by atoms with Gasteiger partial charge in [-0.25, -0.2) is 9.38 Å². The van der Waals surface area contributed by atoms with Crippen LogP contribution in [0.15, 0.2) is 65.8 Å². The van der Waals surface area contributed by atoms with Crippen LogP contribution in [-0.2, 0) is 6.54 Å². The van der Waals surface area contributed by atoms with Crippen LogP contribution in [0.1, 0.15) is 16.1 Å². The Bertz CT molecular complexity index is 1110. The van der Waals surface area contributed by atoms with E-state index in [1.165, 1.54) is 18.2 Å². The first-order valence-corrected chi connectivity index (χ1v) is 9.34. The van der Waals surface area contributed by atoms with Gasteiger partial charge in [-0.05, 0) is 48.5 Å². The van der Waals surface area contributed by atoms with E-state index >= 15 is 0 Å². The summed E-state index contributed by atoms with van der Waals surface area (Å²) in [5.74, 6) is 0.279. The van der Waals surface area contributed by atoms with Crippen molar-refractivity contribution in [2.45, 2.75) is 6.54 Å². The standard InChI is InChI=1S/C21H16ClFN4O3/c22-16-10-14(5-6-17(16)23)26-21(25-11-15-3-1-2-8-24-15)27-20(28)13-4-7-18-19(9-13)30-12-29-18/h1-10H,11-12H2,(H2,25,26,27,28). The molecule has 30 heavy (non-hydrogen) atoms. The van der Waals surface area contributed by atoms with Gasteiger partial charge >= 0.3 is 0 Å². The molecule has 0 saturated carbocycles. The van der Waals surface area contributed by atoms with E-state index in [1.807, 2.05) is 12.1 Å². The number of ether oxygens (including phenoxy) is 2. The molecule has 0 saturated heterocycles. The number of fused-ring (bicyclic) bond motifs is 1. The maximum atomic E-state index is 13.5. The van der Waals surface area contributed by atoms with Crippen LogP contribution in [0.2, 0.25) is 5.02 Å². The largest absolute Gasteiger partial charge is 0.454 e. The Labute approximate surface area is 176 Å². The normalized spacial score (nSPS) is 12.5. The minimum Gasteiger partial charge on any atom is -0.454 e. The second kappa shape index (κ2) is 8.79. The van der Waals surface area contributed by atoms with E-state index < -0.39 is 11.7 Å². The number of nitrogens with zero attached hydrogens (tertiary/aromatic N) is 2. The molecule has 4 rings (SSSR count). The van der Waals surface area contributed by atoms with Gasteiger partial charge in [0.25, 0.3) is 5.91 Å². The van der Waals surface area contributed by atoms with Gasteiger partial charge < -0.3 is 14.8 Å². The number of guanidine groups is 1. The summed E-state index contributed by atoms with van der Waals surface area (Å²) in [4.78, 5) is 21.4. The first-order valence-electron chi connectivity index (χ1n) is 8.96. The Balaban J connectivity index is 1.55. The van der Waals surface area contributed by atoms with Crippen LogP contribution in [0.3, 0.4) is 0 Å². The molecule has 1 aliphatic rings. The topological polar surface area (TPSA) is 84.8 Å². The Morgan fingerprint density at radius 1 is 1.13 bits per heavy atom. The number of carbonyl (C=O) groups excluding carboxylic acids is 1. The summed E-state index contributed by atoms with van der Waals surface area (Å²) >= 11 is 5.85. The monoisotopic (exact) mass is 426 g/mol. The van der Waals surface area contributed by atoms with Crippen molar-refractivity contribution in [1.29, 1.82) is 0 Å². The lowest BCUT2D eigenvalue weighted by Crippen LogP contribution is -2.36. The number of rotatable bonds is 4. The number of amides is 1. The highest BCUT2D eigenvalue weighted by Crippen LogP contribution is 2.32. The molecule has 0 bridgehead atoms. The number of hydrogen-bond donors (Lipinski definition) is 2. The van der Waals surface area contributed by atoms with Crippen LogP contribution in [-0.4, -0.2) is 23.6 Å². The first-order chi connectivity index (χ1) is 14.6. The van der Waals surface area contributed by atoms with E-state index in [2.05, 4.69) is 20.6 Å². The zero-order valence-electron chi connectivity index (χ0n) is 15.6. The van der Waals surface area contributed by atoms with Crippen LogP contribution >= 0.6 is 11.6 Å². The average Bonchev–Trinajstić information content (AvgIpc) is 3.23. The molecule has 0 unspecified atom stereocenters. The second-order valence-corrected chi connectivity index (χ2v) is 6.67. The number of carbonyl (C=O) groups is 1. The third kappa shape index (κ3) is 4.66. The molecule has 152 valence electrons. The summed E-state index contributed by atoms with van der Waals surface area (Å²) in [5.41, 5.74) is 1.54. The number of halogens is 2. The first kappa shape index (κ1) is 19.7. The molecule has 0 spiro atoms. The Morgan fingerprint density at radius 3 is 2.80 bits per heavy atom. The molecule has 2 heterocycles. The number of nitrogens with one attached hydrogen (secondary N) is 2. The highest BCUT2D eigenvalue weighted by molar-refractivity contribution is 6.31. The van der Waals surface area contributed by atoms with Gasteiger partial charge in [-0.2, -0.15) is 0 Å². The zero-order valence-corrected chi connectivity index (χ0v) is 16.3. The molecular formula is C21H16ClFN4O3. The van der Waals surface area contributed by atoms with Crippen molar-refractivity contribution in [3.8, 4) is 11.5 Å². The lowest BCUT2D eigenvalue weighted by Gasteiger charge is -2.12. The molecule has 2 aromatic carbocycles. The Hall–Kier alpha value is -3.65. The fourth-order valence-electron chi connectivity index (χ4n) is 2.69. The van der Waals surface area contributed by atoms with E-state index in [1.54, 1.807) is 30.5 Å². The van der Waals surface area contributed by atoms with Crippen LogP contribution < -0.4 is 20.1 Å². The van der Waals surface area contributed by atoms with E-state index in [9.17, 15) is 9.18 Å². The van der Waals surface area contributed by atoms with E-state index in [0.717, 1.165) is 0 Å². The molecule has 0 radical (unpaired) electrons. The third-order valence-electron chi connectivity index (χ3n) is 4.17. The quantitative estimate of drug-likeness (QED) is 0.486. The highest BCUT2D eigenvalue weighted by atomic mass is 35.5. The zero-order chi connectivity index (χ0) is 20.9. The number of benzene rings is 2. The lowest BCUT2D eigenvalue weighted by atomic mass is 10.2. The van der Waals surface area contributed by atoms with Gasteiger partial charge in [0.2, 0.25) is 12.8 Å². The SMILES string of the molecule is O=C(NC(=NCc1ccccn1)Nc1ccc(F)c(Cl)c1)c1ccc2c(c1)OCO2. The van der Waals surface area contributed by atoms with Gasteiger partial charge in [-0.15, -0.1) is 0 Å². The fraction of sp³-hybridized carbons (Fsp3) is 0.0952. The van der Waals surface area contributed by atoms with Gasteiger partial charge in [0, 0.05) is 17.4 Å². The van der Waals surface area contributed by atoms with Crippen molar-refractivity contribution in [1.82, 2.24) is 10.3 Å². The number of aromatic nitrogens is 1. The highest BCUT2D eigenvalue weighted by Gasteiger charge is 2.17. The van der Waals surface area contributed by atoms with Gasteiger partial charge in [0.1, 0.15) is 5.82 Å². The van der Waals surface area contributed by atoms with E-state index in [0.29, 0.717) is 28.4 Å². The predicted octanol–water partition coefficient (Wildman–Crippen LogP) is 4.00. The van der Waals surface area contributed by atoms with Crippen molar-refractivity contribution in [2.75, 3.05) is 12.1 Å². The molecule has 9 heteroatoms. The maximum absolute atomic E-state index is 13.5. The molecule has 7 nitrogen and oxygen atoms in total. The summed E-state index contributed by atoms with van der Waals surface area (Å²) in [6, 6.07) is 14.4. The summed E-state index contributed by atoms with van der Waals surface area (Å²) in [6.07, 6.45) is 1.66. The minimum atomic E-state index is -0.543. The minimum absolute atomic E-state index is 0.0498. The van der Waals surface area contributed by atoms with Crippen molar-refractivity contribution in [3.63, 3.8) is 0 Å². The van der Waals surface area contributed by atoms with Gasteiger partial charge in [0.15, 0.2) is 11.5 Å². The van der Waals surface area contributed by atoms with Gasteiger partial charge in [-0.1, -0.05) is 17.7 Å². The molecule has 0 atom stereocenters. The number of pyridine rings is 1. The predicted molar refractivity (Wildman–Crippen MR) is 110 cm³/mol. The van der Waals surface area contributed by atoms with Crippen LogP contribution in [0, 0.1) is 5.82 Å². The van der Waals surface area contributed by atoms with Gasteiger partial charge in [-0.3, -0.25) is 15.1 Å². The number of aliphatic imine (C=N–C) groups is 1. The Morgan fingerprint density at radius 2 is 2.00 bits per heavy atom. The molecule has 0 fully saturated rings. The number of hydrogen-bond acceptors (Lipinski definition) is 5. The molecule has 0 aliphatic carbocycles. The summed E-state index contributed by atoms with van der Waals surface area (Å²) < 4.78 is 24.0. The van der Waals surface area contributed by atoms with Crippen molar-refractivity contribution >= 4 is 29.2 Å². The Kier molecular flexibility index (Phi) is 5.76. The molecule has 3 aromatic rings. The second-order valence-electron chi connectivity index (χ2n) is 6.26. The third-order valence-corrected chi connectivity index (χ3v) is 4.46. The summed E-state index contributed by atoms with van der Waals surface area (Å²) in [7, 11) is 0. The van der Waals surface area contributed by atoms with Crippen molar-refractivity contribution in [2.24, 2.45) is 4.99 Å². The van der Waals surface area contributed by atoms with E-state index in [4.69, 9.17) is 21.1 Å². The lowest BCUT2D eigenvalue weighted by molar-refractivity contribution is 0.0976. The summed E-state index contributed by atoms with van der Waals surface area (Å²) in [5, 5.41) is 5.62. The van der Waals surface area contributed by atoms with Crippen molar-refractivity contribution < 1.29 is 18.7 Å². The molecular weight excluding hydrogens is 411 g/mol. The van der Waals surface area contributed by atoms with Crippen molar-refractivity contribution in [3.05, 3.63) is 82.9 Å². The fourth-order valence-corrected chi connectivity index (χ4v) is 2.87. The average molecular weight is 427 g/mol. The van der Waals surface area contributed by atoms with Crippen LogP contribution in [0.4, 0.5) is 10.1 Å². The van der Waals surface area contributed by atoms with E-state index in [-0.39, 0.29) is 24.3 Å². The molecule has 1 aromatic heterocycles. The van der Waals surface area contributed by atoms with Gasteiger partial charge in [0.05, 0.1) is 17.3 Å². The molecule has 1 amide bonds. The molecule has 2 N–H and O–H groups in total. The van der Waals surface area contributed by atoms with Crippen LogP contribution in [0.25, 0.3) is 0 Å². The van der Waals surface area contributed by atoms with Crippen LogP contribution in [0.5, 0.6) is 11.5 Å².